The number of aromatic nitrogens is 3. The molecule has 1 aliphatic heterocycles. The lowest BCUT2D eigenvalue weighted by molar-refractivity contribution is -0.113. The topological polar surface area (TPSA) is 107 Å². The van der Waals surface area contributed by atoms with Gasteiger partial charge in [0.25, 0.3) is 5.91 Å². The third-order valence-corrected chi connectivity index (χ3v) is 7.27. The van der Waals surface area contributed by atoms with Gasteiger partial charge in [0.05, 0.1) is 27.5 Å². The van der Waals surface area contributed by atoms with Crippen LogP contribution in [0.5, 0.6) is 11.5 Å². The minimum Gasteiger partial charge on any atom is -0.454 e. The molecule has 0 saturated heterocycles. The Morgan fingerprint density at radius 3 is 2.67 bits per heavy atom. The Bertz CT molecular complexity index is 1280. The van der Waals surface area contributed by atoms with E-state index >= 15 is 0 Å². The Morgan fingerprint density at radius 1 is 1.14 bits per heavy atom. The number of benzene rings is 2. The molecule has 0 spiro atoms. The van der Waals surface area contributed by atoms with Gasteiger partial charge in [-0.1, -0.05) is 54.9 Å². The minimum atomic E-state index is -0.399. The van der Waals surface area contributed by atoms with Crippen LogP contribution >= 0.6 is 35.0 Å². The molecule has 0 saturated carbocycles. The zero-order chi connectivity index (χ0) is 25.8. The number of ether oxygens (including phenoxy) is 2. The van der Waals surface area contributed by atoms with Gasteiger partial charge in [-0.25, -0.2) is 0 Å². The molecule has 2 aromatic carbocycles. The number of amides is 2. The number of carbonyl (C=O) groups excluding carboxylic acids is 2. The van der Waals surface area contributed by atoms with Crippen molar-refractivity contribution in [3.05, 3.63) is 57.8 Å². The number of rotatable bonds is 9. The van der Waals surface area contributed by atoms with Gasteiger partial charge < -0.3 is 24.7 Å². The van der Waals surface area contributed by atoms with Gasteiger partial charge >= 0.3 is 0 Å². The summed E-state index contributed by atoms with van der Waals surface area (Å²) in [5.41, 5.74) is 0.900. The average molecular weight is 550 g/mol. The molecule has 0 radical (unpaired) electrons. The predicted octanol–water partition coefficient (Wildman–Crippen LogP) is 5.19. The Hall–Kier alpha value is -2.95. The quantitative estimate of drug-likeness (QED) is 0.353. The lowest BCUT2D eigenvalue weighted by Crippen LogP contribution is -2.33. The number of hydrogen-bond acceptors (Lipinski definition) is 7. The maximum atomic E-state index is 13.0. The lowest BCUT2D eigenvalue weighted by Gasteiger charge is -2.22. The summed E-state index contributed by atoms with van der Waals surface area (Å²) in [7, 11) is 0. The molecule has 4 rings (SSSR count). The smallest absolute Gasteiger partial charge is 0.252 e. The van der Waals surface area contributed by atoms with E-state index in [4.69, 9.17) is 32.7 Å². The van der Waals surface area contributed by atoms with E-state index in [0.717, 1.165) is 0 Å². The predicted molar refractivity (Wildman–Crippen MR) is 139 cm³/mol. The Labute approximate surface area is 222 Å². The molecule has 1 aromatic heterocycles. The molecule has 0 fully saturated rings. The van der Waals surface area contributed by atoms with Gasteiger partial charge in [-0.3, -0.25) is 9.59 Å². The van der Waals surface area contributed by atoms with E-state index < -0.39 is 6.04 Å². The van der Waals surface area contributed by atoms with Crippen molar-refractivity contribution >= 4 is 52.5 Å². The highest BCUT2D eigenvalue weighted by molar-refractivity contribution is 7.99. The van der Waals surface area contributed by atoms with Gasteiger partial charge in [0, 0.05) is 12.1 Å². The van der Waals surface area contributed by atoms with Crippen LogP contribution < -0.4 is 20.1 Å². The normalized spacial score (nSPS) is 13.1. The van der Waals surface area contributed by atoms with Crippen molar-refractivity contribution in [2.45, 2.75) is 38.5 Å². The van der Waals surface area contributed by atoms with E-state index in [-0.39, 0.29) is 35.3 Å². The summed E-state index contributed by atoms with van der Waals surface area (Å²) < 4.78 is 12.6. The van der Waals surface area contributed by atoms with Crippen molar-refractivity contribution in [2.24, 2.45) is 5.92 Å². The largest absolute Gasteiger partial charge is 0.454 e. The first kappa shape index (κ1) is 26.1. The molecular formula is C24H25Cl2N5O4S. The summed E-state index contributed by atoms with van der Waals surface area (Å²) >= 11 is 13.4. The van der Waals surface area contributed by atoms with Gasteiger partial charge in [-0.15, -0.1) is 10.2 Å². The monoisotopic (exact) mass is 549 g/mol. The third-order valence-electron chi connectivity index (χ3n) is 5.49. The second-order valence-electron chi connectivity index (χ2n) is 8.29. The zero-order valence-corrected chi connectivity index (χ0v) is 22.2. The summed E-state index contributed by atoms with van der Waals surface area (Å²) in [4.78, 5) is 25.5. The van der Waals surface area contributed by atoms with E-state index in [1.807, 2.05) is 25.3 Å². The third kappa shape index (κ3) is 5.71. The number of fused-ring (bicyclic) bond motifs is 1. The van der Waals surface area contributed by atoms with Gasteiger partial charge in [0.1, 0.15) is 0 Å². The molecular weight excluding hydrogens is 525 g/mol. The van der Waals surface area contributed by atoms with Crippen molar-refractivity contribution in [1.82, 2.24) is 20.1 Å². The molecule has 1 aliphatic rings. The van der Waals surface area contributed by atoms with Crippen molar-refractivity contribution in [3.63, 3.8) is 0 Å². The first-order valence-electron chi connectivity index (χ1n) is 11.3. The standard InChI is InChI=1S/C24H25Cl2N5O4S/c1-4-31-22(21(13(2)3)28-23(33)14-8-9-17-18(10-14)35-12-34-17)29-30-24(31)36-11-19(32)27-16-7-5-6-15(25)20(16)26/h5-10,13,21H,4,11-12H2,1-3H3,(H,27,32)(H,28,33). The fraction of sp³-hybridized carbons (Fsp3) is 0.333. The van der Waals surface area contributed by atoms with Crippen molar-refractivity contribution < 1.29 is 19.1 Å². The van der Waals surface area contributed by atoms with Crippen LogP contribution in [-0.4, -0.2) is 39.1 Å². The summed E-state index contributed by atoms with van der Waals surface area (Å²) in [6.45, 7) is 6.65. The van der Waals surface area contributed by atoms with Crippen LogP contribution in [0.1, 0.15) is 43.0 Å². The first-order valence-corrected chi connectivity index (χ1v) is 13.0. The Morgan fingerprint density at radius 2 is 1.92 bits per heavy atom. The molecule has 0 bridgehead atoms. The number of anilines is 1. The van der Waals surface area contributed by atoms with E-state index in [1.54, 1.807) is 36.4 Å². The molecule has 1 atom stereocenters. The van der Waals surface area contributed by atoms with Crippen LogP contribution in [0.2, 0.25) is 10.0 Å². The fourth-order valence-electron chi connectivity index (χ4n) is 3.64. The number of carbonyl (C=O) groups is 2. The Kier molecular flexibility index (Phi) is 8.28. The number of thioether (sulfide) groups is 1. The van der Waals surface area contributed by atoms with Gasteiger partial charge in [-0.2, -0.15) is 0 Å². The maximum Gasteiger partial charge on any atom is 0.252 e. The van der Waals surface area contributed by atoms with Crippen LogP contribution in [0.3, 0.4) is 0 Å². The van der Waals surface area contributed by atoms with Crippen LogP contribution in [0.25, 0.3) is 0 Å². The molecule has 12 heteroatoms. The minimum absolute atomic E-state index is 0.0311. The second kappa shape index (κ2) is 11.4. The van der Waals surface area contributed by atoms with Crippen LogP contribution in [0, 0.1) is 5.92 Å². The fourth-order valence-corrected chi connectivity index (χ4v) is 4.80. The summed E-state index contributed by atoms with van der Waals surface area (Å²) in [6.07, 6.45) is 0. The molecule has 1 unspecified atom stereocenters. The zero-order valence-electron chi connectivity index (χ0n) is 19.9. The van der Waals surface area contributed by atoms with Crippen molar-refractivity contribution in [1.29, 1.82) is 0 Å². The molecule has 2 heterocycles. The van der Waals surface area contributed by atoms with Crippen LogP contribution in [0.4, 0.5) is 5.69 Å². The van der Waals surface area contributed by atoms with E-state index in [2.05, 4.69) is 20.8 Å². The van der Waals surface area contributed by atoms with E-state index in [9.17, 15) is 9.59 Å². The number of halogens is 2. The molecule has 2 N–H and O–H groups in total. The summed E-state index contributed by atoms with van der Waals surface area (Å²) in [5.74, 6) is 1.37. The van der Waals surface area contributed by atoms with Crippen molar-refractivity contribution in [3.8, 4) is 11.5 Å². The lowest BCUT2D eigenvalue weighted by atomic mass is 10.0. The van der Waals surface area contributed by atoms with Gasteiger partial charge in [-0.05, 0) is 43.2 Å². The highest BCUT2D eigenvalue weighted by Gasteiger charge is 2.27. The first-order chi connectivity index (χ1) is 17.3. The van der Waals surface area contributed by atoms with Crippen LogP contribution in [0.15, 0.2) is 41.6 Å². The summed E-state index contributed by atoms with van der Waals surface area (Å²) in [6, 6.07) is 9.70. The molecule has 9 nitrogen and oxygen atoms in total. The number of hydrogen-bond donors (Lipinski definition) is 2. The maximum absolute atomic E-state index is 13.0. The highest BCUT2D eigenvalue weighted by Crippen LogP contribution is 2.33. The van der Waals surface area contributed by atoms with Crippen LogP contribution in [-0.2, 0) is 11.3 Å². The highest BCUT2D eigenvalue weighted by atomic mass is 35.5. The van der Waals surface area contributed by atoms with E-state index in [0.29, 0.717) is 45.3 Å². The number of nitrogens with zero attached hydrogens (tertiary/aromatic N) is 3. The molecule has 190 valence electrons. The molecule has 3 aromatic rings. The SMILES string of the molecule is CCn1c(SCC(=O)Nc2cccc(Cl)c2Cl)nnc1C(NC(=O)c1ccc2c(c1)OCO2)C(C)C. The summed E-state index contributed by atoms with van der Waals surface area (Å²) in [5, 5.41) is 15.7. The number of nitrogens with one attached hydrogen (secondary N) is 2. The molecule has 36 heavy (non-hydrogen) atoms. The Balaban J connectivity index is 1.45. The van der Waals surface area contributed by atoms with Gasteiger partial charge in [0.2, 0.25) is 12.7 Å². The van der Waals surface area contributed by atoms with Crippen molar-refractivity contribution in [2.75, 3.05) is 17.9 Å². The van der Waals surface area contributed by atoms with E-state index in [1.165, 1.54) is 11.8 Å². The second-order valence-corrected chi connectivity index (χ2v) is 10.0. The van der Waals surface area contributed by atoms with Gasteiger partial charge in [0.15, 0.2) is 22.5 Å². The average Bonchev–Trinajstić information content (AvgIpc) is 3.49. The molecule has 0 aliphatic carbocycles. The molecule has 2 amide bonds.